The van der Waals surface area contributed by atoms with Gasteiger partial charge in [-0.2, -0.15) is 0 Å². The molecule has 0 unspecified atom stereocenters. The Morgan fingerprint density at radius 1 is 1.37 bits per heavy atom. The summed E-state index contributed by atoms with van der Waals surface area (Å²) in [5.41, 5.74) is 0.856. The largest absolute Gasteiger partial charge is 0.317 e. The van der Waals surface area contributed by atoms with Crippen LogP contribution in [-0.4, -0.2) is 27.3 Å². The fourth-order valence-corrected chi connectivity index (χ4v) is 3.81. The highest BCUT2D eigenvalue weighted by atomic mass is 32.2. The predicted octanol–water partition coefficient (Wildman–Crippen LogP) is 1.88. The van der Waals surface area contributed by atoms with Crippen LogP contribution in [0.1, 0.15) is 18.4 Å². The maximum Gasteiger partial charge on any atom is 0.233 e. The highest BCUT2D eigenvalue weighted by Gasteiger charge is 2.22. The molecule has 0 bridgehead atoms. The van der Waals surface area contributed by atoms with Gasteiger partial charge in [0.25, 0.3) is 0 Å². The Balaban J connectivity index is 2.05. The number of hydrogen-bond donors (Lipinski definition) is 2. The summed E-state index contributed by atoms with van der Waals surface area (Å²) in [5, 5.41) is 3.19. The van der Waals surface area contributed by atoms with Crippen molar-refractivity contribution in [2.75, 3.05) is 23.6 Å². The number of nitrogens with one attached hydrogen (secondary N) is 2. The van der Waals surface area contributed by atoms with Crippen LogP contribution in [0.2, 0.25) is 0 Å². The van der Waals surface area contributed by atoms with Gasteiger partial charge in [0.2, 0.25) is 10.0 Å². The Labute approximate surface area is 113 Å². The molecular formula is C13H19FN2O2S. The van der Waals surface area contributed by atoms with Gasteiger partial charge in [0, 0.05) is 0 Å². The second-order valence-corrected chi connectivity index (χ2v) is 6.83. The maximum atomic E-state index is 13.5. The fourth-order valence-electron chi connectivity index (χ4n) is 2.29. The summed E-state index contributed by atoms with van der Waals surface area (Å²) in [7, 11) is -3.49. The van der Waals surface area contributed by atoms with E-state index in [0.29, 0.717) is 0 Å². The normalized spacial score (nSPS) is 17.4. The van der Waals surface area contributed by atoms with Crippen molar-refractivity contribution in [1.82, 2.24) is 5.32 Å². The first-order chi connectivity index (χ1) is 8.96. The van der Waals surface area contributed by atoms with E-state index in [2.05, 4.69) is 10.0 Å². The first-order valence-electron chi connectivity index (χ1n) is 6.44. The van der Waals surface area contributed by atoms with E-state index in [9.17, 15) is 12.8 Å². The molecule has 1 fully saturated rings. The van der Waals surface area contributed by atoms with Crippen LogP contribution in [0.5, 0.6) is 0 Å². The lowest BCUT2D eigenvalue weighted by atomic mass is 10.0. The van der Waals surface area contributed by atoms with Gasteiger partial charge in [-0.05, 0) is 56.5 Å². The molecule has 4 nitrogen and oxygen atoms in total. The lowest BCUT2D eigenvalue weighted by Crippen LogP contribution is -2.33. The molecule has 1 heterocycles. The molecule has 0 saturated carbocycles. The molecule has 1 aliphatic heterocycles. The van der Waals surface area contributed by atoms with Gasteiger partial charge >= 0.3 is 0 Å². The van der Waals surface area contributed by atoms with E-state index in [-0.39, 0.29) is 17.4 Å². The topological polar surface area (TPSA) is 58.2 Å². The molecule has 0 spiro atoms. The molecule has 1 aromatic rings. The second kappa shape index (κ2) is 5.88. The summed E-state index contributed by atoms with van der Waals surface area (Å²) in [6, 6.07) is 4.40. The van der Waals surface area contributed by atoms with E-state index in [1.54, 1.807) is 13.0 Å². The highest BCUT2D eigenvalue weighted by Crippen LogP contribution is 2.20. The van der Waals surface area contributed by atoms with Crippen LogP contribution in [0.15, 0.2) is 18.2 Å². The molecule has 6 heteroatoms. The van der Waals surface area contributed by atoms with Crippen LogP contribution in [0, 0.1) is 18.7 Å². The Morgan fingerprint density at radius 3 is 2.74 bits per heavy atom. The summed E-state index contributed by atoms with van der Waals surface area (Å²) in [4.78, 5) is 0. The number of anilines is 1. The molecule has 0 aromatic heterocycles. The van der Waals surface area contributed by atoms with Crippen LogP contribution < -0.4 is 10.0 Å². The van der Waals surface area contributed by atoms with Gasteiger partial charge in [-0.1, -0.05) is 6.07 Å². The van der Waals surface area contributed by atoms with Crippen molar-refractivity contribution in [3.63, 3.8) is 0 Å². The summed E-state index contributed by atoms with van der Waals surface area (Å²) in [5.74, 6) is -0.340. The highest BCUT2D eigenvalue weighted by molar-refractivity contribution is 7.92. The third-order valence-electron chi connectivity index (χ3n) is 3.30. The van der Waals surface area contributed by atoms with E-state index in [0.717, 1.165) is 31.5 Å². The van der Waals surface area contributed by atoms with Crippen molar-refractivity contribution in [1.29, 1.82) is 0 Å². The maximum absolute atomic E-state index is 13.5. The van der Waals surface area contributed by atoms with Crippen molar-refractivity contribution in [2.45, 2.75) is 19.8 Å². The van der Waals surface area contributed by atoms with Crippen molar-refractivity contribution < 1.29 is 12.8 Å². The number of hydrogen-bond acceptors (Lipinski definition) is 3. The van der Waals surface area contributed by atoms with Crippen LogP contribution in [0.25, 0.3) is 0 Å². The third-order valence-corrected chi connectivity index (χ3v) is 4.74. The number of benzene rings is 1. The average molecular weight is 286 g/mol. The third kappa shape index (κ3) is 4.18. The molecule has 1 saturated heterocycles. The van der Waals surface area contributed by atoms with E-state index < -0.39 is 15.8 Å². The number of halogens is 1. The van der Waals surface area contributed by atoms with Crippen molar-refractivity contribution in [3.05, 3.63) is 29.6 Å². The molecule has 0 radical (unpaired) electrons. The Kier molecular flexibility index (Phi) is 4.42. The summed E-state index contributed by atoms with van der Waals surface area (Å²) >= 11 is 0. The lowest BCUT2D eigenvalue weighted by Gasteiger charge is -2.22. The molecule has 1 aromatic carbocycles. The minimum atomic E-state index is -3.49. The van der Waals surface area contributed by atoms with Crippen molar-refractivity contribution >= 4 is 15.7 Å². The number of sulfonamides is 1. The monoisotopic (exact) mass is 286 g/mol. The molecule has 106 valence electrons. The molecule has 1 aliphatic rings. The van der Waals surface area contributed by atoms with E-state index >= 15 is 0 Å². The fraction of sp³-hybridized carbons (Fsp3) is 0.538. The zero-order chi connectivity index (χ0) is 13.9. The van der Waals surface area contributed by atoms with Gasteiger partial charge in [0.15, 0.2) is 0 Å². The van der Waals surface area contributed by atoms with Crippen LogP contribution >= 0.6 is 0 Å². The minimum Gasteiger partial charge on any atom is -0.317 e. The van der Waals surface area contributed by atoms with E-state index in [4.69, 9.17) is 0 Å². The minimum absolute atomic E-state index is 0.0361. The Morgan fingerprint density at radius 2 is 2.05 bits per heavy atom. The van der Waals surface area contributed by atoms with E-state index in [1.165, 1.54) is 12.1 Å². The smallest absolute Gasteiger partial charge is 0.233 e. The summed E-state index contributed by atoms with van der Waals surface area (Å²) in [6.45, 7) is 3.49. The zero-order valence-corrected chi connectivity index (χ0v) is 11.8. The van der Waals surface area contributed by atoms with Crippen LogP contribution in [-0.2, 0) is 10.0 Å². The molecule has 2 N–H and O–H groups in total. The molecule has 2 rings (SSSR count). The van der Waals surface area contributed by atoms with Gasteiger partial charge in [0.05, 0.1) is 11.4 Å². The van der Waals surface area contributed by atoms with Crippen LogP contribution in [0.3, 0.4) is 0 Å². The van der Waals surface area contributed by atoms with Gasteiger partial charge in [0.1, 0.15) is 5.82 Å². The van der Waals surface area contributed by atoms with E-state index in [1.807, 2.05) is 0 Å². The van der Waals surface area contributed by atoms with Crippen LogP contribution in [0.4, 0.5) is 10.1 Å². The van der Waals surface area contributed by atoms with Gasteiger partial charge < -0.3 is 5.32 Å². The lowest BCUT2D eigenvalue weighted by molar-refractivity contribution is 0.402. The Bertz CT molecular complexity index is 540. The molecule has 19 heavy (non-hydrogen) atoms. The molecule has 0 amide bonds. The molecule has 0 atom stereocenters. The standard InChI is InChI=1S/C13H19FN2O2S/c1-10-2-3-12(14)13(8-10)16-19(17,18)9-11-4-6-15-7-5-11/h2-3,8,11,15-16H,4-7,9H2,1H3. The molecular weight excluding hydrogens is 267 g/mol. The second-order valence-electron chi connectivity index (χ2n) is 5.06. The van der Waals surface area contributed by atoms with Gasteiger partial charge in [-0.25, -0.2) is 12.8 Å². The first kappa shape index (κ1) is 14.3. The Hall–Kier alpha value is -1.14. The quantitative estimate of drug-likeness (QED) is 0.888. The summed E-state index contributed by atoms with van der Waals surface area (Å²) < 4.78 is 40.0. The van der Waals surface area contributed by atoms with Crippen molar-refractivity contribution in [2.24, 2.45) is 5.92 Å². The van der Waals surface area contributed by atoms with Crippen molar-refractivity contribution in [3.8, 4) is 0 Å². The van der Waals surface area contributed by atoms with Gasteiger partial charge in [-0.3, -0.25) is 4.72 Å². The molecule has 0 aliphatic carbocycles. The number of rotatable bonds is 4. The summed E-state index contributed by atoms with van der Waals surface area (Å²) in [6.07, 6.45) is 1.69. The number of piperidine rings is 1. The number of aryl methyl sites for hydroxylation is 1. The average Bonchev–Trinajstić information content (AvgIpc) is 2.34. The van der Waals surface area contributed by atoms with Gasteiger partial charge in [-0.15, -0.1) is 0 Å². The predicted molar refractivity (Wildman–Crippen MR) is 74.1 cm³/mol. The first-order valence-corrected chi connectivity index (χ1v) is 8.09. The zero-order valence-electron chi connectivity index (χ0n) is 10.9. The SMILES string of the molecule is Cc1ccc(F)c(NS(=O)(=O)CC2CCNCC2)c1.